The van der Waals surface area contributed by atoms with Gasteiger partial charge in [0.25, 0.3) is 0 Å². The van der Waals surface area contributed by atoms with Gasteiger partial charge >= 0.3 is 0 Å². The summed E-state index contributed by atoms with van der Waals surface area (Å²) in [5, 5.41) is 11.7. The van der Waals surface area contributed by atoms with E-state index < -0.39 is 11.5 Å². The van der Waals surface area contributed by atoms with Crippen molar-refractivity contribution in [2.45, 2.75) is 18.6 Å². The number of piperidine rings is 1. The number of nitrogens with zero attached hydrogens (tertiary/aromatic N) is 1. The predicted octanol–water partition coefficient (Wildman–Crippen LogP) is 4.28. The zero-order valence-electron chi connectivity index (χ0n) is 15.9. The van der Waals surface area contributed by atoms with Gasteiger partial charge in [0.2, 0.25) is 0 Å². The van der Waals surface area contributed by atoms with Gasteiger partial charge in [0.15, 0.2) is 5.78 Å². The number of hydrogen-bond donors (Lipinski definition) is 1. The highest BCUT2D eigenvalue weighted by atomic mass is 16.3. The Morgan fingerprint density at radius 1 is 0.893 bits per heavy atom. The molecule has 1 saturated heterocycles. The van der Waals surface area contributed by atoms with Crippen molar-refractivity contribution in [3.05, 3.63) is 108 Å². The lowest BCUT2D eigenvalue weighted by molar-refractivity contribution is -0.0658. The van der Waals surface area contributed by atoms with E-state index in [1.165, 1.54) is 5.56 Å². The largest absolute Gasteiger partial charge is 0.384 e. The van der Waals surface area contributed by atoms with Crippen LogP contribution in [-0.2, 0) is 12.1 Å². The third kappa shape index (κ3) is 3.77. The molecule has 0 radical (unpaired) electrons. The van der Waals surface area contributed by atoms with E-state index in [2.05, 4.69) is 17.0 Å². The van der Waals surface area contributed by atoms with Gasteiger partial charge in [-0.25, -0.2) is 0 Å². The van der Waals surface area contributed by atoms with Gasteiger partial charge in [0, 0.05) is 25.2 Å². The first-order chi connectivity index (χ1) is 13.7. The van der Waals surface area contributed by atoms with Crippen LogP contribution in [0, 0.1) is 5.92 Å². The first-order valence-corrected chi connectivity index (χ1v) is 9.80. The molecule has 4 rings (SSSR count). The van der Waals surface area contributed by atoms with E-state index in [1.54, 1.807) is 0 Å². The van der Waals surface area contributed by atoms with Gasteiger partial charge in [-0.1, -0.05) is 91.0 Å². The molecule has 28 heavy (non-hydrogen) atoms. The molecule has 0 saturated carbocycles. The summed E-state index contributed by atoms with van der Waals surface area (Å²) in [6.07, 6.45) is 0.535. The van der Waals surface area contributed by atoms with Crippen molar-refractivity contribution in [1.29, 1.82) is 0 Å². The number of carbonyl (C=O) groups is 1. The molecule has 0 unspecified atom stereocenters. The van der Waals surface area contributed by atoms with Gasteiger partial charge in [-0.05, 0) is 17.5 Å². The first-order valence-electron chi connectivity index (χ1n) is 9.80. The maximum absolute atomic E-state index is 13.4. The number of likely N-dealkylation sites (tertiary alicyclic amines) is 1. The molecule has 142 valence electrons. The lowest BCUT2D eigenvalue weighted by Crippen LogP contribution is -2.52. The topological polar surface area (TPSA) is 40.5 Å². The summed E-state index contributed by atoms with van der Waals surface area (Å²) in [4.78, 5) is 15.7. The summed E-state index contributed by atoms with van der Waals surface area (Å²) in [7, 11) is 0. The smallest absolute Gasteiger partial charge is 0.170 e. The van der Waals surface area contributed by atoms with Crippen LogP contribution in [0.5, 0.6) is 0 Å². The molecule has 1 heterocycles. The Labute approximate surface area is 166 Å². The van der Waals surface area contributed by atoms with Crippen molar-refractivity contribution in [3.63, 3.8) is 0 Å². The van der Waals surface area contributed by atoms with Crippen LogP contribution < -0.4 is 0 Å². The standard InChI is InChI=1S/C25H25NO2/c27-24(21-12-6-2-7-13-21)23-19-26(18-20-10-4-1-5-11-20)17-16-25(23,28)22-14-8-3-9-15-22/h1-15,23,28H,16-19H2/t23-,25+/m1/s1. The maximum Gasteiger partial charge on any atom is 0.170 e. The van der Waals surface area contributed by atoms with E-state index in [1.807, 2.05) is 78.9 Å². The normalized spacial score (nSPS) is 22.7. The molecule has 3 aromatic rings. The third-order valence-corrected chi connectivity index (χ3v) is 5.72. The van der Waals surface area contributed by atoms with Crippen molar-refractivity contribution in [2.75, 3.05) is 13.1 Å². The monoisotopic (exact) mass is 371 g/mol. The van der Waals surface area contributed by atoms with Crippen LogP contribution in [0.25, 0.3) is 0 Å². The summed E-state index contributed by atoms with van der Waals surface area (Å²) < 4.78 is 0. The number of hydrogen-bond acceptors (Lipinski definition) is 3. The van der Waals surface area contributed by atoms with E-state index in [4.69, 9.17) is 0 Å². The number of rotatable bonds is 5. The number of benzene rings is 3. The Bertz CT molecular complexity index is 911. The summed E-state index contributed by atoms with van der Waals surface area (Å²) in [5.41, 5.74) is 1.55. The minimum atomic E-state index is -1.15. The minimum Gasteiger partial charge on any atom is -0.384 e. The van der Waals surface area contributed by atoms with Crippen molar-refractivity contribution >= 4 is 5.78 Å². The quantitative estimate of drug-likeness (QED) is 0.681. The Kier molecular flexibility index (Phi) is 5.38. The first kappa shape index (κ1) is 18.6. The Morgan fingerprint density at radius 3 is 2.11 bits per heavy atom. The van der Waals surface area contributed by atoms with E-state index in [0.717, 1.165) is 18.7 Å². The molecule has 2 atom stereocenters. The third-order valence-electron chi connectivity index (χ3n) is 5.72. The molecule has 1 aliphatic rings. The number of Topliss-reactive ketones (excluding diaryl/α,β-unsaturated/α-hetero) is 1. The van der Waals surface area contributed by atoms with Gasteiger partial charge < -0.3 is 5.11 Å². The summed E-state index contributed by atoms with van der Waals surface area (Å²) in [6.45, 7) is 2.07. The fourth-order valence-corrected chi connectivity index (χ4v) is 4.16. The molecule has 1 aliphatic heterocycles. The highest BCUT2D eigenvalue weighted by Gasteiger charge is 2.46. The lowest BCUT2D eigenvalue weighted by atomic mass is 9.72. The van der Waals surface area contributed by atoms with Crippen LogP contribution in [-0.4, -0.2) is 28.9 Å². The van der Waals surface area contributed by atoms with Crippen LogP contribution >= 0.6 is 0 Å². The van der Waals surface area contributed by atoms with E-state index >= 15 is 0 Å². The van der Waals surface area contributed by atoms with Gasteiger partial charge in [-0.15, -0.1) is 0 Å². The van der Waals surface area contributed by atoms with Gasteiger partial charge in [0.1, 0.15) is 5.60 Å². The van der Waals surface area contributed by atoms with Crippen LogP contribution in [0.4, 0.5) is 0 Å². The Morgan fingerprint density at radius 2 is 1.46 bits per heavy atom. The second kappa shape index (κ2) is 8.09. The molecular formula is C25H25NO2. The Balaban J connectivity index is 1.65. The molecule has 1 N–H and O–H groups in total. The minimum absolute atomic E-state index is 0.00437. The summed E-state index contributed by atoms with van der Waals surface area (Å²) in [6, 6.07) is 29.3. The fourth-order valence-electron chi connectivity index (χ4n) is 4.16. The van der Waals surface area contributed by atoms with Crippen molar-refractivity contribution < 1.29 is 9.90 Å². The maximum atomic E-state index is 13.4. The van der Waals surface area contributed by atoms with Crippen molar-refractivity contribution in [2.24, 2.45) is 5.92 Å². The van der Waals surface area contributed by atoms with Crippen LogP contribution in [0.2, 0.25) is 0 Å². The number of ketones is 1. The Hall–Kier alpha value is -2.75. The average molecular weight is 371 g/mol. The average Bonchev–Trinajstić information content (AvgIpc) is 2.77. The van der Waals surface area contributed by atoms with E-state index in [0.29, 0.717) is 18.5 Å². The summed E-state index contributed by atoms with van der Waals surface area (Å²) in [5.74, 6) is -0.500. The molecule has 0 bridgehead atoms. The van der Waals surface area contributed by atoms with Gasteiger partial charge in [0.05, 0.1) is 5.92 Å². The van der Waals surface area contributed by atoms with E-state index in [-0.39, 0.29) is 5.78 Å². The molecule has 0 spiro atoms. The molecule has 3 aromatic carbocycles. The van der Waals surface area contributed by atoms with Crippen LogP contribution in [0.1, 0.15) is 27.9 Å². The second-order valence-corrected chi connectivity index (χ2v) is 7.54. The zero-order valence-corrected chi connectivity index (χ0v) is 15.9. The molecule has 1 fully saturated rings. The second-order valence-electron chi connectivity index (χ2n) is 7.54. The van der Waals surface area contributed by atoms with Crippen molar-refractivity contribution in [3.8, 4) is 0 Å². The molecule has 3 heteroatoms. The molecule has 0 amide bonds. The number of aliphatic hydroxyl groups is 1. The zero-order chi connectivity index (χ0) is 19.4. The fraction of sp³-hybridized carbons (Fsp3) is 0.240. The number of carbonyl (C=O) groups excluding carboxylic acids is 1. The lowest BCUT2D eigenvalue weighted by Gasteiger charge is -2.44. The van der Waals surface area contributed by atoms with Crippen LogP contribution in [0.15, 0.2) is 91.0 Å². The van der Waals surface area contributed by atoms with Gasteiger partial charge in [-0.3, -0.25) is 9.69 Å². The summed E-state index contributed by atoms with van der Waals surface area (Å²) >= 11 is 0. The van der Waals surface area contributed by atoms with Gasteiger partial charge in [-0.2, -0.15) is 0 Å². The molecule has 0 aliphatic carbocycles. The molecule has 3 nitrogen and oxygen atoms in total. The highest BCUT2D eigenvalue weighted by Crippen LogP contribution is 2.39. The van der Waals surface area contributed by atoms with E-state index in [9.17, 15) is 9.90 Å². The van der Waals surface area contributed by atoms with Crippen LogP contribution in [0.3, 0.4) is 0 Å². The van der Waals surface area contributed by atoms with Crippen molar-refractivity contribution in [1.82, 2.24) is 4.90 Å². The highest BCUT2D eigenvalue weighted by molar-refractivity contribution is 5.99. The molecular weight excluding hydrogens is 346 g/mol. The predicted molar refractivity (Wildman–Crippen MR) is 111 cm³/mol. The SMILES string of the molecule is O=C(c1ccccc1)[C@H]1CN(Cc2ccccc2)CC[C@]1(O)c1ccccc1. The molecule has 0 aromatic heterocycles.